The van der Waals surface area contributed by atoms with Crippen LogP contribution in [0.25, 0.3) is 0 Å². The lowest BCUT2D eigenvalue weighted by molar-refractivity contribution is 0.890. The molecule has 0 unspecified atom stereocenters. The van der Waals surface area contributed by atoms with Gasteiger partial charge < -0.3 is 5.32 Å². The number of nitrogens with one attached hydrogen (secondary N) is 1. The van der Waals surface area contributed by atoms with Gasteiger partial charge in [0.05, 0.1) is 6.00 Å². The summed E-state index contributed by atoms with van der Waals surface area (Å²) >= 11 is 7.56. The predicted molar refractivity (Wildman–Crippen MR) is 59.8 cm³/mol. The average Bonchev–Trinajstić information content (AvgIpc) is 2.18. The third-order valence-corrected chi connectivity index (χ3v) is 3.52. The number of hydrogen-bond donors (Lipinski definition) is 1. The highest BCUT2D eigenvalue weighted by Gasteiger charge is 2.09. The van der Waals surface area contributed by atoms with Crippen molar-refractivity contribution in [3.05, 3.63) is 23.8 Å². The summed E-state index contributed by atoms with van der Waals surface area (Å²) in [6, 6.07) is 6.98. The van der Waals surface area contributed by atoms with E-state index in [9.17, 15) is 0 Å². The van der Waals surface area contributed by atoms with E-state index < -0.39 is 0 Å². The topological polar surface area (TPSA) is 12.0 Å². The zero-order valence-electron chi connectivity index (χ0n) is 7.35. The first kappa shape index (κ1) is 9.22. The molecule has 70 valence electrons. The van der Waals surface area contributed by atoms with Crippen LogP contribution in [0.4, 0.5) is 5.69 Å². The van der Waals surface area contributed by atoms with Gasteiger partial charge in [-0.2, -0.15) is 0 Å². The molecule has 0 spiro atoms. The first-order valence-electron chi connectivity index (χ1n) is 4.46. The van der Waals surface area contributed by atoms with E-state index in [-0.39, 0.29) is 0 Å². The zero-order chi connectivity index (χ0) is 9.10. The van der Waals surface area contributed by atoms with Gasteiger partial charge in [0.25, 0.3) is 0 Å². The molecule has 1 heterocycles. The molecule has 1 aromatic carbocycles. The number of alkyl halides is 1. The van der Waals surface area contributed by atoms with Crippen molar-refractivity contribution in [3.8, 4) is 0 Å². The van der Waals surface area contributed by atoms with Gasteiger partial charge >= 0.3 is 0 Å². The first-order chi connectivity index (χ1) is 6.40. The van der Waals surface area contributed by atoms with E-state index in [4.69, 9.17) is 11.6 Å². The summed E-state index contributed by atoms with van der Waals surface area (Å²) in [4.78, 5) is 1.44. The number of anilines is 1. The summed E-state index contributed by atoms with van der Waals surface area (Å²) in [6.45, 7) is 0. The van der Waals surface area contributed by atoms with Gasteiger partial charge in [0.1, 0.15) is 0 Å². The lowest BCUT2D eigenvalue weighted by Gasteiger charge is -2.16. The summed E-state index contributed by atoms with van der Waals surface area (Å²) in [5, 5.41) is 3.11. The van der Waals surface area contributed by atoms with E-state index in [0.717, 1.165) is 5.69 Å². The van der Waals surface area contributed by atoms with Gasteiger partial charge in [-0.05, 0) is 42.4 Å². The monoisotopic (exact) mass is 213 g/mol. The van der Waals surface area contributed by atoms with Crippen LogP contribution < -0.4 is 5.32 Å². The molecule has 1 nitrogen and oxygen atoms in total. The number of aryl methyl sites for hydroxylation is 1. The second-order valence-corrected chi connectivity index (χ2v) is 4.49. The van der Waals surface area contributed by atoms with Crippen LogP contribution in [0.3, 0.4) is 0 Å². The molecule has 3 heteroatoms. The lowest BCUT2D eigenvalue weighted by Crippen LogP contribution is -2.00. The number of fused-ring (bicyclic) bond motifs is 1. The maximum absolute atomic E-state index is 5.60. The summed E-state index contributed by atoms with van der Waals surface area (Å²) in [5.41, 5.74) is 2.60. The molecule has 0 radical (unpaired) electrons. The molecule has 1 aromatic rings. The SMILES string of the molecule is ClCNc1ccc2c(c1)CCCS2. The van der Waals surface area contributed by atoms with Gasteiger partial charge in [-0.3, -0.25) is 0 Å². The molecule has 0 bridgehead atoms. The minimum atomic E-state index is 0.478. The Morgan fingerprint density at radius 1 is 1.46 bits per heavy atom. The van der Waals surface area contributed by atoms with E-state index in [1.54, 1.807) is 0 Å². The Morgan fingerprint density at radius 2 is 2.38 bits per heavy atom. The van der Waals surface area contributed by atoms with Gasteiger partial charge in [-0.25, -0.2) is 0 Å². The van der Waals surface area contributed by atoms with Gasteiger partial charge in [0, 0.05) is 10.6 Å². The summed E-state index contributed by atoms with van der Waals surface area (Å²) in [6.07, 6.45) is 2.50. The van der Waals surface area contributed by atoms with E-state index in [1.807, 2.05) is 11.8 Å². The van der Waals surface area contributed by atoms with Crippen molar-refractivity contribution in [1.82, 2.24) is 0 Å². The summed E-state index contributed by atoms with van der Waals surface area (Å²) in [7, 11) is 0. The Kier molecular flexibility index (Phi) is 3.01. The van der Waals surface area contributed by atoms with Gasteiger partial charge in [0.15, 0.2) is 0 Å². The van der Waals surface area contributed by atoms with Crippen molar-refractivity contribution in [1.29, 1.82) is 0 Å². The quantitative estimate of drug-likeness (QED) is 0.598. The Balaban J connectivity index is 2.24. The minimum absolute atomic E-state index is 0.478. The molecule has 13 heavy (non-hydrogen) atoms. The maximum atomic E-state index is 5.60. The molecule has 2 rings (SSSR count). The van der Waals surface area contributed by atoms with Crippen LogP contribution in [0.5, 0.6) is 0 Å². The van der Waals surface area contributed by atoms with Crippen molar-refractivity contribution < 1.29 is 0 Å². The molecule has 0 aliphatic carbocycles. The van der Waals surface area contributed by atoms with Crippen molar-refractivity contribution in [2.75, 3.05) is 17.1 Å². The zero-order valence-corrected chi connectivity index (χ0v) is 8.92. The molecule has 0 aromatic heterocycles. The minimum Gasteiger partial charge on any atom is -0.372 e. The van der Waals surface area contributed by atoms with Crippen LogP contribution in [-0.2, 0) is 6.42 Å². The highest BCUT2D eigenvalue weighted by Crippen LogP contribution is 2.31. The standard InChI is InChI=1S/C10H12ClNS/c11-7-12-9-3-4-10-8(6-9)2-1-5-13-10/h3-4,6,12H,1-2,5,7H2. The van der Waals surface area contributed by atoms with E-state index in [0.29, 0.717) is 6.00 Å². The Hall–Kier alpha value is -0.340. The molecule has 0 saturated heterocycles. The van der Waals surface area contributed by atoms with Crippen molar-refractivity contribution in [2.45, 2.75) is 17.7 Å². The van der Waals surface area contributed by atoms with E-state index in [2.05, 4.69) is 23.5 Å². The van der Waals surface area contributed by atoms with Gasteiger partial charge in [-0.15, -0.1) is 23.4 Å². The van der Waals surface area contributed by atoms with Crippen molar-refractivity contribution in [3.63, 3.8) is 0 Å². The Morgan fingerprint density at radius 3 is 3.23 bits per heavy atom. The molecule has 1 aliphatic heterocycles. The van der Waals surface area contributed by atoms with E-state index in [1.165, 1.54) is 29.1 Å². The molecule has 1 aliphatic rings. The fourth-order valence-electron chi connectivity index (χ4n) is 1.55. The number of thioether (sulfide) groups is 1. The van der Waals surface area contributed by atoms with Crippen molar-refractivity contribution >= 4 is 29.1 Å². The third kappa shape index (κ3) is 2.12. The smallest absolute Gasteiger partial charge is 0.0901 e. The number of rotatable bonds is 2. The molecule has 0 fully saturated rings. The van der Waals surface area contributed by atoms with Crippen molar-refractivity contribution in [2.24, 2.45) is 0 Å². The number of benzene rings is 1. The molecular formula is C10H12ClNS. The summed E-state index contributed by atoms with van der Waals surface area (Å²) < 4.78 is 0. The Bertz CT molecular complexity index is 301. The second-order valence-electron chi connectivity index (χ2n) is 3.08. The number of halogens is 1. The normalized spacial score (nSPS) is 15.2. The highest BCUT2D eigenvalue weighted by atomic mass is 35.5. The molecule has 0 saturated carbocycles. The van der Waals surface area contributed by atoms with Gasteiger partial charge in [0.2, 0.25) is 0 Å². The maximum Gasteiger partial charge on any atom is 0.0901 e. The fraction of sp³-hybridized carbons (Fsp3) is 0.400. The van der Waals surface area contributed by atoms with Gasteiger partial charge in [-0.1, -0.05) is 0 Å². The molecule has 1 N–H and O–H groups in total. The Labute approximate surface area is 87.9 Å². The largest absolute Gasteiger partial charge is 0.372 e. The highest BCUT2D eigenvalue weighted by molar-refractivity contribution is 7.99. The van der Waals surface area contributed by atoms with Crippen LogP contribution in [-0.4, -0.2) is 11.8 Å². The van der Waals surface area contributed by atoms with Crippen LogP contribution in [0.1, 0.15) is 12.0 Å². The predicted octanol–water partition coefficient (Wildman–Crippen LogP) is 3.33. The summed E-state index contributed by atoms with van der Waals surface area (Å²) in [5.74, 6) is 1.26. The molecular weight excluding hydrogens is 202 g/mol. The number of hydrogen-bond acceptors (Lipinski definition) is 2. The van der Waals surface area contributed by atoms with Crippen LogP contribution >= 0.6 is 23.4 Å². The average molecular weight is 214 g/mol. The molecule has 0 atom stereocenters. The first-order valence-corrected chi connectivity index (χ1v) is 5.98. The fourth-order valence-corrected chi connectivity index (χ4v) is 2.72. The third-order valence-electron chi connectivity index (χ3n) is 2.18. The second kappa shape index (κ2) is 4.25. The molecule has 0 amide bonds. The lowest BCUT2D eigenvalue weighted by atomic mass is 10.1. The van der Waals surface area contributed by atoms with Crippen LogP contribution in [0.2, 0.25) is 0 Å². The van der Waals surface area contributed by atoms with Crippen LogP contribution in [0.15, 0.2) is 23.1 Å². The van der Waals surface area contributed by atoms with Crippen LogP contribution in [0, 0.1) is 0 Å². The van der Waals surface area contributed by atoms with E-state index >= 15 is 0 Å².